The maximum Gasteiger partial charge on any atom is 0.412 e. The van der Waals surface area contributed by atoms with E-state index in [4.69, 9.17) is 9.57 Å². The van der Waals surface area contributed by atoms with Crippen LogP contribution in [-0.4, -0.2) is 36.8 Å². The predicted molar refractivity (Wildman–Crippen MR) is 79.8 cm³/mol. The maximum atomic E-state index is 11.7. The molecule has 0 spiro atoms. The van der Waals surface area contributed by atoms with Crippen LogP contribution < -0.4 is 5.32 Å². The lowest BCUT2D eigenvalue weighted by atomic mass is 10.1. The number of nitrogens with one attached hydrogen (secondary N) is 1. The van der Waals surface area contributed by atoms with E-state index in [9.17, 15) is 9.59 Å². The lowest BCUT2D eigenvalue weighted by molar-refractivity contribution is -0.167. The Balaban J connectivity index is 2.58. The number of benzene rings is 1. The number of hydroxylamine groups is 2. The summed E-state index contributed by atoms with van der Waals surface area (Å²) in [5.74, 6) is -0.148. The fourth-order valence-corrected chi connectivity index (χ4v) is 1.52. The van der Waals surface area contributed by atoms with Crippen LogP contribution in [0.25, 0.3) is 0 Å². The Morgan fingerprint density at radius 3 is 2.24 bits per heavy atom. The van der Waals surface area contributed by atoms with E-state index in [-0.39, 0.29) is 12.3 Å². The van der Waals surface area contributed by atoms with Gasteiger partial charge in [0.2, 0.25) is 5.91 Å². The number of anilines is 1. The Bertz CT molecular complexity index is 491. The van der Waals surface area contributed by atoms with Crippen LogP contribution in [0.1, 0.15) is 26.3 Å². The fraction of sp³-hybridized carbons (Fsp3) is 0.467. The van der Waals surface area contributed by atoms with Gasteiger partial charge in [-0.05, 0) is 38.5 Å². The average molecular weight is 294 g/mol. The lowest BCUT2D eigenvalue weighted by Gasteiger charge is -2.19. The van der Waals surface area contributed by atoms with E-state index >= 15 is 0 Å². The minimum atomic E-state index is -0.540. The number of rotatable bonds is 4. The van der Waals surface area contributed by atoms with E-state index in [1.165, 1.54) is 12.2 Å². The molecule has 0 aliphatic carbocycles. The zero-order chi connectivity index (χ0) is 16.0. The van der Waals surface area contributed by atoms with Crippen molar-refractivity contribution in [2.24, 2.45) is 0 Å². The maximum absolute atomic E-state index is 11.7. The van der Waals surface area contributed by atoms with E-state index in [0.717, 1.165) is 5.56 Å². The van der Waals surface area contributed by atoms with Gasteiger partial charge in [-0.3, -0.25) is 14.9 Å². The molecule has 2 amide bonds. The standard InChI is InChI=1S/C15H22N2O4/c1-15(2,3)21-14(19)16-12-8-6-11(7-9-12)10-13(18)17(4)20-5/h6-9H,10H2,1-5H3,(H,16,19). The molecule has 0 heterocycles. The van der Waals surface area contributed by atoms with Gasteiger partial charge in [-0.25, -0.2) is 9.86 Å². The smallest absolute Gasteiger partial charge is 0.412 e. The molecule has 1 rings (SSSR count). The van der Waals surface area contributed by atoms with E-state index < -0.39 is 11.7 Å². The molecular formula is C15H22N2O4. The summed E-state index contributed by atoms with van der Waals surface area (Å²) < 4.78 is 5.16. The summed E-state index contributed by atoms with van der Waals surface area (Å²) in [6.07, 6.45) is -0.276. The molecule has 1 aromatic carbocycles. The Kier molecular flexibility index (Phi) is 5.72. The van der Waals surface area contributed by atoms with Gasteiger partial charge in [-0.15, -0.1) is 0 Å². The molecule has 1 aromatic rings. The van der Waals surface area contributed by atoms with Crippen LogP contribution in [-0.2, 0) is 20.8 Å². The molecule has 1 N–H and O–H groups in total. The average Bonchev–Trinajstić information content (AvgIpc) is 2.37. The zero-order valence-electron chi connectivity index (χ0n) is 13.1. The summed E-state index contributed by atoms with van der Waals surface area (Å²) in [7, 11) is 2.99. The van der Waals surface area contributed by atoms with Gasteiger partial charge in [-0.2, -0.15) is 0 Å². The van der Waals surface area contributed by atoms with Crippen molar-refractivity contribution in [3.8, 4) is 0 Å². The molecule has 0 saturated heterocycles. The molecule has 116 valence electrons. The van der Waals surface area contributed by atoms with Crippen molar-refractivity contribution in [3.05, 3.63) is 29.8 Å². The first-order chi connectivity index (χ1) is 9.71. The quantitative estimate of drug-likeness (QED) is 0.867. The van der Waals surface area contributed by atoms with Crippen molar-refractivity contribution in [2.75, 3.05) is 19.5 Å². The zero-order valence-corrected chi connectivity index (χ0v) is 13.1. The Hall–Kier alpha value is -2.08. The first kappa shape index (κ1) is 17.0. The summed E-state index contributed by atoms with van der Waals surface area (Å²) in [5, 5.41) is 3.81. The van der Waals surface area contributed by atoms with Gasteiger partial charge in [0.05, 0.1) is 13.5 Å². The minimum Gasteiger partial charge on any atom is -0.444 e. The van der Waals surface area contributed by atoms with Crippen molar-refractivity contribution in [1.82, 2.24) is 5.06 Å². The number of carbonyl (C=O) groups excluding carboxylic acids is 2. The Morgan fingerprint density at radius 2 is 1.76 bits per heavy atom. The summed E-state index contributed by atoms with van der Waals surface area (Å²) in [6, 6.07) is 6.99. The second kappa shape index (κ2) is 7.08. The molecule has 0 atom stereocenters. The van der Waals surface area contributed by atoms with Crippen molar-refractivity contribution >= 4 is 17.7 Å². The van der Waals surface area contributed by atoms with Crippen molar-refractivity contribution in [2.45, 2.75) is 32.8 Å². The van der Waals surface area contributed by atoms with Crippen LogP contribution >= 0.6 is 0 Å². The normalized spacial score (nSPS) is 10.9. The molecule has 6 heteroatoms. The molecule has 0 aliphatic rings. The minimum absolute atomic E-state index is 0.148. The molecule has 0 aliphatic heterocycles. The van der Waals surface area contributed by atoms with Crippen molar-refractivity contribution in [3.63, 3.8) is 0 Å². The summed E-state index contributed by atoms with van der Waals surface area (Å²) in [5.41, 5.74) is 0.903. The number of carbonyl (C=O) groups is 2. The highest BCUT2D eigenvalue weighted by molar-refractivity contribution is 5.85. The second-order valence-corrected chi connectivity index (χ2v) is 5.57. The topological polar surface area (TPSA) is 67.9 Å². The summed E-state index contributed by atoms with van der Waals surface area (Å²) in [6.45, 7) is 5.40. The summed E-state index contributed by atoms with van der Waals surface area (Å²) >= 11 is 0. The monoisotopic (exact) mass is 294 g/mol. The SMILES string of the molecule is CON(C)C(=O)Cc1ccc(NC(=O)OC(C)(C)C)cc1. The van der Waals surface area contributed by atoms with Gasteiger partial charge in [-0.1, -0.05) is 12.1 Å². The highest BCUT2D eigenvalue weighted by Crippen LogP contribution is 2.13. The molecule has 0 bridgehead atoms. The molecular weight excluding hydrogens is 272 g/mol. The number of likely N-dealkylation sites (N-methyl/N-ethyl adjacent to an activating group) is 1. The third-order valence-corrected chi connectivity index (χ3v) is 2.58. The molecule has 0 aromatic heterocycles. The van der Waals surface area contributed by atoms with Gasteiger partial charge in [0.1, 0.15) is 5.60 Å². The first-order valence-corrected chi connectivity index (χ1v) is 6.61. The molecule has 0 saturated carbocycles. The molecule has 0 radical (unpaired) electrons. The number of ether oxygens (including phenoxy) is 1. The second-order valence-electron chi connectivity index (χ2n) is 5.57. The van der Waals surface area contributed by atoms with Gasteiger partial charge >= 0.3 is 6.09 Å². The van der Waals surface area contributed by atoms with E-state index in [2.05, 4.69) is 5.32 Å². The van der Waals surface area contributed by atoms with Crippen LogP contribution in [0.5, 0.6) is 0 Å². The van der Waals surface area contributed by atoms with E-state index in [1.807, 2.05) is 0 Å². The summed E-state index contributed by atoms with van der Waals surface area (Å²) in [4.78, 5) is 28.1. The van der Waals surface area contributed by atoms with E-state index in [0.29, 0.717) is 5.69 Å². The fourth-order valence-electron chi connectivity index (χ4n) is 1.52. The highest BCUT2D eigenvalue weighted by Gasteiger charge is 2.16. The van der Waals surface area contributed by atoms with Crippen LogP contribution in [0.4, 0.5) is 10.5 Å². The molecule has 0 fully saturated rings. The number of nitrogens with zero attached hydrogens (tertiary/aromatic N) is 1. The number of hydrogen-bond donors (Lipinski definition) is 1. The predicted octanol–water partition coefficient (Wildman–Crippen LogP) is 2.60. The lowest BCUT2D eigenvalue weighted by Crippen LogP contribution is -2.27. The largest absolute Gasteiger partial charge is 0.444 e. The Morgan fingerprint density at radius 1 is 1.19 bits per heavy atom. The molecule has 0 unspecified atom stereocenters. The van der Waals surface area contributed by atoms with Crippen molar-refractivity contribution < 1.29 is 19.2 Å². The van der Waals surface area contributed by atoms with Gasteiger partial charge in [0, 0.05) is 12.7 Å². The van der Waals surface area contributed by atoms with Crippen LogP contribution in [0, 0.1) is 0 Å². The Labute approximate surface area is 125 Å². The first-order valence-electron chi connectivity index (χ1n) is 6.61. The van der Waals surface area contributed by atoms with Crippen LogP contribution in [0.2, 0.25) is 0 Å². The van der Waals surface area contributed by atoms with Crippen molar-refractivity contribution in [1.29, 1.82) is 0 Å². The molecule has 6 nitrogen and oxygen atoms in total. The highest BCUT2D eigenvalue weighted by atomic mass is 16.7. The van der Waals surface area contributed by atoms with Crippen LogP contribution in [0.15, 0.2) is 24.3 Å². The number of hydrogen-bond acceptors (Lipinski definition) is 4. The molecule has 21 heavy (non-hydrogen) atoms. The van der Waals surface area contributed by atoms with Gasteiger partial charge in [0.15, 0.2) is 0 Å². The number of amides is 2. The van der Waals surface area contributed by atoms with Crippen LogP contribution in [0.3, 0.4) is 0 Å². The van der Waals surface area contributed by atoms with E-state index in [1.54, 1.807) is 52.1 Å². The third kappa shape index (κ3) is 6.27. The van der Waals surface area contributed by atoms with Gasteiger partial charge < -0.3 is 4.74 Å². The third-order valence-electron chi connectivity index (χ3n) is 2.58. The van der Waals surface area contributed by atoms with Gasteiger partial charge in [0.25, 0.3) is 0 Å².